The van der Waals surface area contributed by atoms with Gasteiger partial charge in [0.15, 0.2) is 5.82 Å². The molecular weight excluding hydrogens is 422 g/mol. The predicted molar refractivity (Wildman–Crippen MR) is 121 cm³/mol. The molecule has 0 bridgehead atoms. The molecule has 2 heterocycles. The summed E-state index contributed by atoms with van der Waals surface area (Å²) in [5, 5.41) is 10.3. The fourth-order valence-electron chi connectivity index (χ4n) is 4.07. The van der Waals surface area contributed by atoms with Gasteiger partial charge in [0, 0.05) is 25.3 Å². The van der Waals surface area contributed by atoms with Crippen LogP contribution in [-0.4, -0.2) is 65.3 Å². The highest BCUT2D eigenvalue weighted by Gasteiger charge is 2.38. The maximum Gasteiger partial charge on any atom is 0.246 e. The van der Waals surface area contributed by atoms with Crippen molar-refractivity contribution < 1.29 is 19.1 Å². The fraction of sp³-hybridized carbons (Fsp3) is 0.333. The van der Waals surface area contributed by atoms with E-state index >= 15 is 0 Å². The monoisotopic (exact) mass is 449 g/mol. The Morgan fingerprint density at radius 2 is 1.97 bits per heavy atom. The lowest BCUT2D eigenvalue weighted by Gasteiger charge is -2.23. The molecule has 0 unspecified atom stereocenters. The van der Waals surface area contributed by atoms with Crippen LogP contribution in [0.25, 0.3) is 11.4 Å². The van der Waals surface area contributed by atoms with Crippen LogP contribution in [0.3, 0.4) is 0 Å². The topological polar surface area (TPSA) is 109 Å². The van der Waals surface area contributed by atoms with E-state index < -0.39 is 0 Å². The molecule has 0 aliphatic carbocycles. The zero-order valence-corrected chi connectivity index (χ0v) is 18.7. The predicted octanol–water partition coefficient (Wildman–Crippen LogP) is 2.13. The van der Waals surface area contributed by atoms with Crippen molar-refractivity contribution >= 4 is 11.8 Å². The highest BCUT2D eigenvalue weighted by atomic mass is 16.5. The van der Waals surface area contributed by atoms with Crippen LogP contribution in [0.1, 0.15) is 23.9 Å². The van der Waals surface area contributed by atoms with Crippen LogP contribution in [0.2, 0.25) is 0 Å². The first kappa shape index (κ1) is 22.5. The lowest BCUT2D eigenvalue weighted by molar-refractivity contribution is -0.132. The van der Waals surface area contributed by atoms with Gasteiger partial charge in [-0.15, -0.1) is 0 Å². The van der Waals surface area contributed by atoms with Crippen molar-refractivity contribution in [3.8, 4) is 17.1 Å². The Bertz CT molecular complexity index is 1100. The summed E-state index contributed by atoms with van der Waals surface area (Å²) >= 11 is 0. The number of hydrogen-bond acceptors (Lipinski definition) is 6. The molecule has 3 aromatic rings. The number of carbonyl (C=O) groups excluding carboxylic acids is 2. The quantitative estimate of drug-likeness (QED) is 0.545. The SMILES string of the molecule is COCC(=O)N[C@H]1C[C@@H](c2nc(-c3ccccc3)n[nH]2)N(C(=O)Cc2cccc(OC)c2)C1. The van der Waals surface area contributed by atoms with E-state index in [1.54, 1.807) is 12.0 Å². The van der Waals surface area contributed by atoms with E-state index in [4.69, 9.17) is 9.47 Å². The van der Waals surface area contributed by atoms with Crippen molar-refractivity contribution in [2.24, 2.45) is 0 Å². The Kier molecular flexibility index (Phi) is 6.99. The van der Waals surface area contributed by atoms with Gasteiger partial charge in [-0.1, -0.05) is 42.5 Å². The number of amides is 2. The average Bonchev–Trinajstić information content (AvgIpc) is 3.47. The number of aromatic nitrogens is 3. The summed E-state index contributed by atoms with van der Waals surface area (Å²) in [7, 11) is 3.07. The van der Waals surface area contributed by atoms with Crippen LogP contribution in [-0.2, 0) is 20.7 Å². The van der Waals surface area contributed by atoms with Crippen molar-refractivity contribution in [3.63, 3.8) is 0 Å². The smallest absolute Gasteiger partial charge is 0.246 e. The molecule has 0 radical (unpaired) electrons. The maximum absolute atomic E-state index is 13.3. The molecule has 2 aromatic carbocycles. The summed E-state index contributed by atoms with van der Waals surface area (Å²) in [4.78, 5) is 31.8. The highest BCUT2D eigenvalue weighted by molar-refractivity contribution is 5.80. The Balaban J connectivity index is 1.56. The highest BCUT2D eigenvalue weighted by Crippen LogP contribution is 2.32. The van der Waals surface area contributed by atoms with E-state index in [2.05, 4.69) is 20.5 Å². The molecule has 9 heteroatoms. The summed E-state index contributed by atoms with van der Waals surface area (Å²) in [5.74, 6) is 1.58. The van der Waals surface area contributed by atoms with Crippen molar-refractivity contribution in [3.05, 3.63) is 66.0 Å². The molecule has 1 aromatic heterocycles. The van der Waals surface area contributed by atoms with Crippen molar-refractivity contribution in [2.75, 3.05) is 27.4 Å². The number of likely N-dealkylation sites (tertiary alicyclic amines) is 1. The molecular formula is C24H27N5O4. The van der Waals surface area contributed by atoms with Gasteiger partial charge in [-0.05, 0) is 24.1 Å². The Morgan fingerprint density at radius 3 is 2.73 bits per heavy atom. The van der Waals surface area contributed by atoms with Crippen LogP contribution in [0.15, 0.2) is 54.6 Å². The van der Waals surface area contributed by atoms with E-state index in [0.717, 1.165) is 11.1 Å². The van der Waals surface area contributed by atoms with Gasteiger partial charge in [0.1, 0.15) is 18.2 Å². The first-order valence-corrected chi connectivity index (χ1v) is 10.8. The van der Waals surface area contributed by atoms with E-state index in [1.807, 2.05) is 54.6 Å². The summed E-state index contributed by atoms with van der Waals surface area (Å²) in [6.45, 7) is 0.351. The molecule has 1 saturated heterocycles. The third kappa shape index (κ3) is 5.38. The fourth-order valence-corrected chi connectivity index (χ4v) is 4.07. The van der Waals surface area contributed by atoms with Gasteiger partial charge in [0.2, 0.25) is 11.8 Å². The summed E-state index contributed by atoms with van der Waals surface area (Å²) in [6.07, 6.45) is 0.745. The number of nitrogens with zero attached hydrogens (tertiary/aromatic N) is 3. The number of H-pyrrole nitrogens is 1. The van der Waals surface area contributed by atoms with Crippen LogP contribution in [0.5, 0.6) is 5.75 Å². The number of benzene rings is 2. The maximum atomic E-state index is 13.3. The van der Waals surface area contributed by atoms with E-state index in [0.29, 0.717) is 30.4 Å². The molecule has 4 rings (SSSR count). The number of aromatic amines is 1. The van der Waals surface area contributed by atoms with E-state index in [9.17, 15) is 9.59 Å². The molecule has 0 spiro atoms. The third-order valence-electron chi connectivity index (χ3n) is 5.60. The van der Waals surface area contributed by atoms with Crippen molar-refractivity contribution in [1.82, 2.24) is 25.4 Å². The van der Waals surface area contributed by atoms with Gasteiger partial charge in [-0.3, -0.25) is 14.7 Å². The number of nitrogens with one attached hydrogen (secondary N) is 2. The molecule has 9 nitrogen and oxygen atoms in total. The van der Waals surface area contributed by atoms with E-state index in [-0.39, 0.29) is 36.9 Å². The normalized spacial score (nSPS) is 17.7. The second-order valence-electron chi connectivity index (χ2n) is 7.93. The first-order chi connectivity index (χ1) is 16.1. The summed E-state index contributed by atoms with van der Waals surface area (Å²) < 4.78 is 10.2. The Hall–Kier alpha value is -3.72. The molecule has 172 valence electrons. The second-order valence-corrected chi connectivity index (χ2v) is 7.93. The molecule has 2 atom stereocenters. The molecule has 1 fully saturated rings. The third-order valence-corrected chi connectivity index (χ3v) is 5.60. The molecule has 2 amide bonds. The molecule has 33 heavy (non-hydrogen) atoms. The molecule has 1 aliphatic rings. The van der Waals surface area contributed by atoms with Gasteiger partial charge in [0.25, 0.3) is 0 Å². The molecule has 0 saturated carbocycles. The minimum absolute atomic E-state index is 0.0284. The van der Waals surface area contributed by atoms with Gasteiger partial charge in [-0.25, -0.2) is 4.98 Å². The lowest BCUT2D eigenvalue weighted by Crippen LogP contribution is -2.40. The van der Waals surface area contributed by atoms with Crippen LogP contribution in [0, 0.1) is 0 Å². The largest absolute Gasteiger partial charge is 0.497 e. The number of rotatable bonds is 8. The molecule has 1 aliphatic heterocycles. The van der Waals surface area contributed by atoms with Gasteiger partial charge < -0.3 is 19.7 Å². The molecule has 2 N–H and O–H groups in total. The minimum atomic E-state index is -0.332. The summed E-state index contributed by atoms with van der Waals surface area (Å²) in [5.41, 5.74) is 1.74. The number of carbonyl (C=O) groups is 2. The van der Waals surface area contributed by atoms with Crippen molar-refractivity contribution in [2.45, 2.75) is 24.9 Å². The van der Waals surface area contributed by atoms with Gasteiger partial charge in [-0.2, -0.15) is 5.10 Å². The zero-order chi connectivity index (χ0) is 23.2. The van der Waals surface area contributed by atoms with Crippen LogP contribution < -0.4 is 10.1 Å². The standard InChI is InChI=1S/C24H27N5O4/c1-32-15-21(30)25-18-13-20(24-26-23(27-28-24)17-8-4-3-5-9-17)29(14-18)22(31)12-16-7-6-10-19(11-16)33-2/h3-11,18,20H,12-15H2,1-2H3,(H,25,30)(H,26,27,28)/t18-,20-/m0/s1. The number of ether oxygens (including phenoxy) is 2. The van der Waals surface area contributed by atoms with Crippen LogP contribution in [0.4, 0.5) is 0 Å². The van der Waals surface area contributed by atoms with Crippen molar-refractivity contribution in [1.29, 1.82) is 0 Å². The minimum Gasteiger partial charge on any atom is -0.497 e. The first-order valence-electron chi connectivity index (χ1n) is 10.8. The number of hydrogen-bond donors (Lipinski definition) is 2. The van der Waals surface area contributed by atoms with Gasteiger partial charge in [0.05, 0.1) is 19.6 Å². The van der Waals surface area contributed by atoms with E-state index in [1.165, 1.54) is 7.11 Å². The number of methoxy groups -OCH3 is 2. The zero-order valence-electron chi connectivity index (χ0n) is 18.7. The Labute approximate surface area is 192 Å². The van der Waals surface area contributed by atoms with Crippen LogP contribution >= 0.6 is 0 Å². The summed E-state index contributed by atoms with van der Waals surface area (Å²) in [6, 6.07) is 16.5. The Morgan fingerprint density at radius 1 is 1.15 bits per heavy atom. The van der Waals surface area contributed by atoms with Gasteiger partial charge >= 0.3 is 0 Å². The lowest BCUT2D eigenvalue weighted by atomic mass is 10.1. The second kappa shape index (κ2) is 10.3. The average molecular weight is 450 g/mol.